The van der Waals surface area contributed by atoms with Crippen LogP contribution in [0.1, 0.15) is 29.2 Å². The average Bonchev–Trinajstić information content (AvgIpc) is 2.63. The number of nitrogens with one attached hydrogen (secondary N) is 1. The molecule has 0 saturated heterocycles. The first kappa shape index (κ1) is 13.8. The van der Waals surface area contributed by atoms with E-state index in [-0.39, 0.29) is 0 Å². The predicted molar refractivity (Wildman–Crippen MR) is 98.2 cm³/mol. The minimum absolute atomic E-state index is 0.320. The van der Waals surface area contributed by atoms with E-state index in [1.807, 2.05) is 0 Å². The highest BCUT2D eigenvalue weighted by molar-refractivity contribution is 5.89. The number of fused-ring (bicyclic) bond motifs is 1. The van der Waals surface area contributed by atoms with Crippen LogP contribution in [-0.2, 0) is 0 Å². The van der Waals surface area contributed by atoms with Gasteiger partial charge in [0.15, 0.2) is 0 Å². The lowest BCUT2D eigenvalue weighted by Gasteiger charge is -2.29. The van der Waals surface area contributed by atoms with Crippen molar-refractivity contribution in [1.29, 1.82) is 0 Å². The minimum Gasteiger partial charge on any atom is -0.377 e. The summed E-state index contributed by atoms with van der Waals surface area (Å²) in [5.74, 6) is 0. The molecule has 0 radical (unpaired) electrons. The Hall–Kier alpha value is -2.80. The van der Waals surface area contributed by atoms with Crippen molar-refractivity contribution in [3.8, 4) is 0 Å². The Morgan fingerprint density at radius 1 is 0.739 bits per heavy atom. The van der Waals surface area contributed by atoms with Crippen LogP contribution >= 0.6 is 0 Å². The molecule has 0 bridgehead atoms. The topological polar surface area (TPSA) is 12.0 Å². The van der Waals surface area contributed by atoms with Crippen LogP contribution in [0, 0.1) is 0 Å². The summed E-state index contributed by atoms with van der Waals surface area (Å²) in [5, 5.41) is 3.69. The molecule has 1 N–H and O–H groups in total. The van der Waals surface area contributed by atoms with Gasteiger partial charge in [0.25, 0.3) is 0 Å². The van der Waals surface area contributed by atoms with Crippen LogP contribution < -0.4 is 5.32 Å². The van der Waals surface area contributed by atoms with Crippen molar-refractivity contribution in [1.82, 2.24) is 0 Å². The maximum atomic E-state index is 3.69. The van der Waals surface area contributed by atoms with E-state index in [1.165, 1.54) is 28.0 Å². The molecule has 0 spiro atoms. The summed E-state index contributed by atoms with van der Waals surface area (Å²) >= 11 is 0. The van der Waals surface area contributed by atoms with Crippen LogP contribution in [0.3, 0.4) is 0 Å². The zero-order chi connectivity index (χ0) is 15.5. The predicted octanol–water partition coefficient (Wildman–Crippen LogP) is 5.78. The van der Waals surface area contributed by atoms with Gasteiger partial charge in [-0.3, -0.25) is 0 Å². The van der Waals surface area contributed by atoms with Crippen molar-refractivity contribution >= 4 is 17.3 Å². The quantitative estimate of drug-likeness (QED) is 0.632. The highest BCUT2D eigenvalue weighted by Gasteiger charge is 2.22. The molecule has 23 heavy (non-hydrogen) atoms. The van der Waals surface area contributed by atoms with E-state index in [4.69, 9.17) is 0 Å². The third-order valence-corrected chi connectivity index (χ3v) is 4.37. The highest BCUT2D eigenvalue weighted by atomic mass is 14.9. The Bertz CT molecular complexity index is 819. The second-order valence-corrected chi connectivity index (χ2v) is 5.94. The van der Waals surface area contributed by atoms with Gasteiger partial charge in [0.05, 0.1) is 6.04 Å². The van der Waals surface area contributed by atoms with Crippen molar-refractivity contribution in [3.63, 3.8) is 0 Å². The zero-order valence-electron chi connectivity index (χ0n) is 12.9. The van der Waals surface area contributed by atoms with E-state index < -0.39 is 0 Å². The van der Waals surface area contributed by atoms with Crippen molar-refractivity contribution in [2.45, 2.75) is 12.5 Å². The van der Waals surface area contributed by atoms with Crippen molar-refractivity contribution in [2.75, 3.05) is 5.32 Å². The molecule has 3 aromatic carbocycles. The Labute approximate surface area is 137 Å². The standard InChI is InChI=1S/C22H19N/c1-3-9-17(10-4-1)15-19-16-22(18-11-5-2-6-12-18)23-21-14-8-7-13-20(19)21/h1-15,22-23H,16H2. The number of hydrogen-bond acceptors (Lipinski definition) is 1. The smallest absolute Gasteiger partial charge is 0.0554 e. The molecule has 1 nitrogen and oxygen atoms in total. The third kappa shape index (κ3) is 2.91. The second kappa shape index (κ2) is 6.13. The number of rotatable bonds is 2. The third-order valence-electron chi connectivity index (χ3n) is 4.37. The molecular weight excluding hydrogens is 278 g/mol. The van der Waals surface area contributed by atoms with Crippen LogP contribution in [0.15, 0.2) is 84.9 Å². The van der Waals surface area contributed by atoms with E-state index in [2.05, 4.69) is 96.3 Å². The van der Waals surface area contributed by atoms with Crippen molar-refractivity contribution in [3.05, 3.63) is 102 Å². The lowest BCUT2D eigenvalue weighted by atomic mass is 9.88. The van der Waals surface area contributed by atoms with Gasteiger partial charge in [0.2, 0.25) is 0 Å². The fourth-order valence-electron chi connectivity index (χ4n) is 3.23. The van der Waals surface area contributed by atoms with Gasteiger partial charge in [-0.2, -0.15) is 0 Å². The Morgan fingerprint density at radius 3 is 2.17 bits per heavy atom. The molecule has 112 valence electrons. The number of hydrogen-bond donors (Lipinski definition) is 1. The normalized spacial score (nSPS) is 18.3. The molecule has 4 rings (SSSR count). The summed E-state index contributed by atoms with van der Waals surface area (Å²) in [4.78, 5) is 0. The van der Waals surface area contributed by atoms with Gasteiger partial charge in [0.1, 0.15) is 0 Å². The van der Waals surface area contributed by atoms with Crippen LogP contribution in [0.5, 0.6) is 0 Å². The molecular formula is C22H19N. The molecule has 1 unspecified atom stereocenters. The number of anilines is 1. The SMILES string of the molecule is C(=C1CC(c2ccccc2)Nc2ccccc21)c1ccccc1. The van der Waals surface area contributed by atoms with Gasteiger partial charge >= 0.3 is 0 Å². The fraction of sp³-hybridized carbons (Fsp3) is 0.0909. The van der Waals surface area contributed by atoms with Crippen LogP contribution in [0.4, 0.5) is 5.69 Å². The van der Waals surface area contributed by atoms with E-state index in [9.17, 15) is 0 Å². The van der Waals surface area contributed by atoms with Crippen molar-refractivity contribution < 1.29 is 0 Å². The van der Waals surface area contributed by atoms with Crippen LogP contribution in [0.25, 0.3) is 11.6 Å². The molecule has 3 aromatic rings. The maximum absolute atomic E-state index is 3.69. The van der Waals surface area contributed by atoms with Gasteiger partial charge in [0, 0.05) is 11.3 Å². The van der Waals surface area contributed by atoms with Gasteiger partial charge in [-0.15, -0.1) is 0 Å². The zero-order valence-corrected chi connectivity index (χ0v) is 12.9. The lowest BCUT2D eigenvalue weighted by Crippen LogP contribution is -2.17. The summed E-state index contributed by atoms with van der Waals surface area (Å²) in [6.45, 7) is 0. The first-order chi connectivity index (χ1) is 11.4. The molecule has 1 heteroatoms. The van der Waals surface area contributed by atoms with E-state index in [0.29, 0.717) is 6.04 Å². The Kier molecular flexibility index (Phi) is 3.69. The molecule has 0 saturated carbocycles. The van der Waals surface area contributed by atoms with Gasteiger partial charge in [-0.25, -0.2) is 0 Å². The van der Waals surface area contributed by atoms with Gasteiger partial charge < -0.3 is 5.32 Å². The Balaban J connectivity index is 1.77. The number of para-hydroxylation sites is 1. The van der Waals surface area contributed by atoms with Gasteiger partial charge in [-0.1, -0.05) is 84.9 Å². The van der Waals surface area contributed by atoms with Gasteiger partial charge in [-0.05, 0) is 29.2 Å². The van der Waals surface area contributed by atoms with Crippen molar-refractivity contribution in [2.24, 2.45) is 0 Å². The molecule has 1 heterocycles. The summed E-state index contributed by atoms with van der Waals surface area (Å²) in [6, 6.07) is 30.2. The second-order valence-electron chi connectivity index (χ2n) is 5.94. The maximum Gasteiger partial charge on any atom is 0.0554 e. The molecule has 1 atom stereocenters. The molecule has 0 amide bonds. The fourth-order valence-corrected chi connectivity index (χ4v) is 3.23. The molecule has 0 aromatic heterocycles. The highest BCUT2D eigenvalue weighted by Crippen LogP contribution is 2.40. The van der Waals surface area contributed by atoms with Crippen LogP contribution in [0.2, 0.25) is 0 Å². The number of benzene rings is 3. The molecule has 1 aliphatic heterocycles. The first-order valence-corrected chi connectivity index (χ1v) is 8.07. The monoisotopic (exact) mass is 297 g/mol. The van der Waals surface area contributed by atoms with Crippen LogP contribution in [-0.4, -0.2) is 0 Å². The molecule has 1 aliphatic rings. The first-order valence-electron chi connectivity index (χ1n) is 8.07. The van der Waals surface area contributed by atoms with E-state index in [1.54, 1.807) is 0 Å². The summed E-state index contributed by atoms with van der Waals surface area (Å²) < 4.78 is 0. The molecule has 0 fully saturated rings. The minimum atomic E-state index is 0.320. The van der Waals surface area contributed by atoms with E-state index in [0.717, 1.165) is 6.42 Å². The summed E-state index contributed by atoms with van der Waals surface area (Å²) in [7, 11) is 0. The Morgan fingerprint density at radius 2 is 1.39 bits per heavy atom. The largest absolute Gasteiger partial charge is 0.377 e. The molecule has 0 aliphatic carbocycles. The average molecular weight is 297 g/mol. The lowest BCUT2D eigenvalue weighted by molar-refractivity contribution is 0.795. The van der Waals surface area contributed by atoms with E-state index >= 15 is 0 Å². The summed E-state index contributed by atoms with van der Waals surface area (Å²) in [5.41, 5.74) is 6.50. The summed E-state index contributed by atoms with van der Waals surface area (Å²) in [6.07, 6.45) is 3.31.